The third-order valence-corrected chi connectivity index (χ3v) is 5.88. The van der Waals surface area contributed by atoms with Crippen molar-refractivity contribution in [1.82, 2.24) is 20.0 Å². The number of aromatic nitrogens is 3. The lowest BCUT2D eigenvalue weighted by atomic mass is 9.91. The van der Waals surface area contributed by atoms with Crippen LogP contribution in [0, 0.1) is 20.8 Å². The molecule has 32 heavy (non-hydrogen) atoms. The molecule has 8 heteroatoms. The first-order chi connectivity index (χ1) is 15.5. The summed E-state index contributed by atoms with van der Waals surface area (Å²) in [5.41, 5.74) is 3.62. The number of carbonyl (C=O) groups excluding carboxylic acids is 1. The zero-order valence-electron chi connectivity index (χ0n) is 18.7. The molecule has 1 fully saturated rings. The highest BCUT2D eigenvalue weighted by atomic mass is 16.5. The molecule has 0 aliphatic carbocycles. The number of aliphatic hydroxyl groups is 1. The molecule has 0 spiro atoms. The van der Waals surface area contributed by atoms with E-state index in [4.69, 9.17) is 9.26 Å². The molecule has 1 atom stereocenters. The van der Waals surface area contributed by atoms with Gasteiger partial charge in [0.2, 0.25) is 0 Å². The molecule has 0 saturated carbocycles. The van der Waals surface area contributed by atoms with E-state index in [0.29, 0.717) is 35.8 Å². The molecular formula is C24H28N4O4. The quantitative estimate of drug-likeness (QED) is 0.631. The number of hydrogen-bond donors (Lipinski definition) is 1. The summed E-state index contributed by atoms with van der Waals surface area (Å²) in [6.07, 6.45) is 3.41. The van der Waals surface area contributed by atoms with Crippen LogP contribution in [0.2, 0.25) is 0 Å². The van der Waals surface area contributed by atoms with Crippen molar-refractivity contribution in [3.8, 4) is 5.75 Å². The highest BCUT2D eigenvalue weighted by Crippen LogP contribution is 2.29. The molecule has 1 aromatic carbocycles. The Labute approximate surface area is 187 Å². The van der Waals surface area contributed by atoms with Gasteiger partial charge in [0.15, 0.2) is 5.69 Å². The number of piperidine rings is 1. The molecule has 2 aromatic heterocycles. The van der Waals surface area contributed by atoms with Crippen molar-refractivity contribution in [2.24, 2.45) is 0 Å². The molecule has 1 N–H and O–H groups in total. The summed E-state index contributed by atoms with van der Waals surface area (Å²) < 4.78 is 11.2. The van der Waals surface area contributed by atoms with Crippen molar-refractivity contribution in [3.63, 3.8) is 0 Å². The molecule has 4 rings (SSSR count). The van der Waals surface area contributed by atoms with E-state index in [0.717, 1.165) is 29.8 Å². The Morgan fingerprint density at radius 3 is 2.78 bits per heavy atom. The smallest absolute Gasteiger partial charge is 0.276 e. The molecule has 1 amide bonds. The van der Waals surface area contributed by atoms with Gasteiger partial charge in [-0.3, -0.25) is 4.79 Å². The average Bonchev–Trinajstić information content (AvgIpc) is 3.18. The topological polar surface area (TPSA) is 102 Å². The molecule has 168 valence electrons. The van der Waals surface area contributed by atoms with Crippen LogP contribution in [0.4, 0.5) is 0 Å². The lowest BCUT2D eigenvalue weighted by Crippen LogP contribution is -2.40. The zero-order chi connectivity index (χ0) is 22.7. The fourth-order valence-corrected chi connectivity index (χ4v) is 4.04. The van der Waals surface area contributed by atoms with Crippen LogP contribution in [0.15, 0.2) is 35.0 Å². The monoisotopic (exact) mass is 436 g/mol. The van der Waals surface area contributed by atoms with Crippen LogP contribution < -0.4 is 4.74 Å². The van der Waals surface area contributed by atoms with Gasteiger partial charge in [-0.15, -0.1) is 0 Å². The maximum Gasteiger partial charge on any atom is 0.276 e. The van der Waals surface area contributed by atoms with Crippen molar-refractivity contribution in [2.45, 2.75) is 52.7 Å². The second-order valence-electron chi connectivity index (χ2n) is 8.24. The predicted molar refractivity (Wildman–Crippen MR) is 117 cm³/mol. The number of rotatable bonds is 6. The SMILES string of the molecule is Cc1ccc(OCc2c(C(=O)N3CCCC(c4nc(C)ncc4CO)C3)noc2C)cc1. The minimum absolute atomic E-state index is 0.0387. The number of likely N-dealkylation sites (tertiary alicyclic amines) is 1. The first-order valence-electron chi connectivity index (χ1n) is 10.8. The zero-order valence-corrected chi connectivity index (χ0v) is 18.7. The summed E-state index contributed by atoms with van der Waals surface area (Å²) in [4.78, 5) is 23.9. The standard InChI is InChI=1S/C24H28N4O4/c1-15-6-8-20(9-7-15)31-14-21-16(2)32-27-23(21)24(30)28-10-4-5-18(12-28)22-19(13-29)11-25-17(3)26-22/h6-9,11,18,29H,4-5,10,12-14H2,1-3H3. The minimum Gasteiger partial charge on any atom is -0.489 e. The summed E-state index contributed by atoms with van der Waals surface area (Å²) in [5.74, 6) is 1.82. The molecule has 0 bridgehead atoms. The minimum atomic E-state index is -0.176. The summed E-state index contributed by atoms with van der Waals surface area (Å²) in [6, 6.07) is 7.76. The van der Waals surface area contributed by atoms with E-state index in [2.05, 4.69) is 15.1 Å². The second-order valence-corrected chi connectivity index (χ2v) is 8.24. The van der Waals surface area contributed by atoms with E-state index in [9.17, 15) is 9.90 Å². The van der Waals surface area contributed by atoms with Crippen LogP contribution in [0.1, 0.15) is 63.2 Å². The number of aryl methyl sites for hydroxylation is 3. The molecular weight excluding hydrogens is 408 g/mol. The number of nitrogens with zero attached hydrogens (tertiary/aromatic N) is 4. The summed E-state index contributed by atoms with van der Waals surface area (Å²) >= 11 is 0. The fourth-order valence-electron chi connectivity index (χ4n) is 4.04. The van der Waals surface area contributed by atoms with E-state index in [1.165, 1.54) is 0 Å². The third-order valence-electron chi connectivity index (χ3n) is 5.88. The van der Waals surface area contributed by atoms with Crippen LogP contribution in [0.25, 0.3) is 0 Å². The first kappa shape index (κ1) is 22.0. The number of hydrogen-bond acceptors (Lipinski definition) is 7. The molecule has 0 radical (unpaired) electrons. The van der Waals surface area contributed by atoms with Crippen molar-refractivity contribution in [1.29, 1.82) is 0 Å². The molecule has 1 unspecified atom stereocenters. The highest BCUT2D eigenvalue weighted by molar-refractivity contribution is 5.94. The van der Waals surface area contributed by atoms with Crippen molar-refractivity contribution in [2.75, 3.05) is 13.1 Å². The van der Waals surface area contributed by atoms with Gasteiger partial charge in [-0.1, -0.05) is 22.9 Å². The van der Waals surface area contributed by atoms with Crippen LogP contribution in [0.3, 0.4) is 0 Å². The van der Waals surface area contributed by atoms with Gasteiger partial charge >= 0.3 is 0 Å². The summed E-state index contributed by atoms with van der Waals surface area (Å²) in [6.45, 7) is 6.86. The van der Waals surface area contributed by atoms with Crippen molar-refractivity contribution < 1.29 is 19.2 Å². The summed E-state index contributed by atoms with van der Waals surface area (Å²) in [5, 5.41) is 13.8. The molecule has 1 saturated heterocycles. The fraction of sp³-hybridized carbons (Fsp3) is 0.417. The van der Waals surface area contributed by atoms with Crippen molar-refractivity contribution >= 4 is 5.91 Å². The normalized spacial score (nSPS) is 16.2. The molecule has 1 aliphatic heterocycles. The Morgan fingerprint density at radius 1 is 1.25 bits per heavy atom. The number of ether oxygens (including phenoxy) is 1. The van der Waals surface area contributed by atoms with Gasteiger partial charge < -0.3 is 19.3 Å². The van der Waals surface area contributed by atoms with Crippen molar-refractivity contribution in [3.05, 3.63) is 70.1 Å². The van der Waals surface area contributed by atoms with Gasteiger partial charge in [0.1, 0.15) is 23.9 Å². The molecule has 3 heterocycles. The van der Waals surface area contributed by atoms with Gasteiger partial charge in [-0.25, -0.2) is 9.97 Å². The predicted octanol–water partition coefficient (Wildman–Crippen LogP) is 3.48. The van der Waals surface area contributed by atoms with E-state index in [1.54, 1.807) is 18.0 Å². The lowest BCUT2D eigenvalue weighted by molar-refractivity contribution is 0.0692. The van der Waals surface area contributed by atoms with Crippen LogP contribution in [-0.4, -0.2) is 44.1 Å². The lowest BCUT2D eigenvalue weighted by Gasteiger charge is -2.32. The largest absolute Gasteiger partial charge is 0.489 e. The molecule has 8 nitrogen and oxygen atoms in total. The Bertz CT molecular complexity index is 1090. The van der Waals surface area contributed by atoms with E-state index in [1.807, 2.05) is 38.1 Å². The van der Waals surface area contributed by atoms with Gasteiger partial charge in [0.05, 0.1) is 17.9 Å². The van der Waals surface area contributed by atoms with Gasteiger partial charge in [-0.05, 0) is 45.7 Å². The number of benzene rings is 1. The second kappa shape index (κ2) is 9.48. The number of aliphatic hydroxyl groups excluding tert-OH is 1. The average molecular weight is 437 g/mol. The highest BCUT2D eigenvalue weighted by Gasteiger charge is 2.31. The van der Waals surface area contributed by atoms with Crippen LogP contribution in [0.5, 0.6) is 5.75 Å². The van der Waals surface area contributed by atoms with Crippen LogP contribution >= 0.6 is 0 Å². The maximum absolute atomic E-state index is 13.4. The Balaban J connectivity index is 1.51. The third kappa shape index (κ3) is 4.65. The van der Waals surface area contributed by atoms with Gasteiger partial charge in [0.25, 0.3) is 5.91 Å². The maximum atomic E-state index is 13.4. The van der Waals surface area contributed by atoms with E-state index >= 15 is 0 Å². The van der Waals surface area contributed by atoms with E-state index in [-0.39, 0.29) is 30.7 Å². The van der Waals surface area contributed by atoms with Gasteiger partial charge in [-0.2, -0.15) is 0 Å². The molecule has 3 aromatic rings. The van der Waals surface area contributed by atoms with E-state index < -0.39 is 0 Å². The summed E-state index contributed by atoms with van der Waals surface area (Å²) in [7, 11) is 0. The first-order valence-corrected chi connectivity index (χ1v) is 10.8. The number of carbonyl (C=O) groups is 1. The Kier molecular flexibility index (Phi) is 6.50. The number of amides is 1. The Hall–Kier alpha value is -3.26. The molecule has 1 aliphatic rings. The van der Waals surface area contributed by atoms with Crippen LogP contribution in [-0.2, 0) is 13.2 Å². The van der Waals surface area contributed by atoms with Gasteiger partial charge in [0, 0.05) is 30.8 Å². The Morgan fingerprint density at radius 2 is 2.03 bits per heavy atom.